The summed E-state index contributed by atoms with van der Waals surface area (Å²) in [5.74, 6) is 0. The van der Waals surface area contributed by atoms with E-state index in [2.05, 4.69) is 5.32 Å². The van der Waals surface area contributed by atoms with Crippen molar-refractivity contribution in [2.45, 2.75) is 44.2 Å². The van der Waals surface area contributed by atoms with Crippen molar-refractivity contribution in [1.82, 2.24) is 5.32 Å². The van der Waals surface area contributed by atoms with Gasteiger partial charge in [0, 0.05) is 6.04 Å². The van der Waals surface area contributed by atoms with E-state index in [4.69, 9.17) is 10.2 Å². The fourth-order valence-corrected chi connectivity index (χ4v) is 1.15. The lowest BCUT2D eigenvalue weighted by Gasteiger charge is -2.27. The zero-order chi connectivity index (χ0) is 12.0. The van der Waals surface area contributed by atoms with E-state index >= 15 is 0 Å². The Labute approximate surface area is 88.5 Å². The highest BCUT2D eigenvalue weighted by Crippen LogP contribution is 2.04. The molecule has 0 radical (unpaired) electrons. The molecular formula is C9H19NO5. The number of hydrogen-bond acceptors (Lipinski definition) is 6. The smallest absolute Gasteiger partial charge is 0.139 e. The van der Waals surface area contributed by atoms with Crippen molar-refractivity contribution in [3.8, 4) is 0 Å². The topological polar surface area (TPSA) is 110 Å². The normalized spacial score (nSPS) is 19.7. The van der Waals surface area contributed by atoms with Crippen molar-refractivity contribution in [3.63, 3.8) is 0 Å². The summed E-state index contributed by atoms with van der Waals surface area (Å²) in [7, 11) is 0. The van der Waals surface area contributed by atoms with E-state index in [0.717, 1.165) is 0 Å². The fourth-order valence-electron chi connectivity index (χ4n) is 1.15. The predicted octanol–water partition coefficient (Wildman–Crippen LogP) is -2.37. The Morgan fingerprint density at radius 1 is 1.20 bits per heavy atom. The van der Waals surface area contributed by atoms with Crippen molar-refractivity contribution in [2.75, 3.05) is 6.61 Å². The third-order valence-electron chi connectivity index (χ3n) is 1.97. The maximum absolute atomic E-state index is 10.6. The summed E-state index contributed by atoms with van der Waals surface area (Å²) in [5.41, 5.74) is 0. The van der Waals surface area contributed by atoms with Gasteiger partial charge in [0.05, 0.1) is 12.6 Å². The Morgan fingerprint density at radius 2 is 1.73 bits per heavy atom. The molecule has 0 aromatic heterocycles. The summed E-state index contributed by atoms with van der Waals surface area (Å²) in [4.78, 5) is 10.6. The highest BCUT2D eigenvalue weighted by molar-refractivity contribution is 5.58. The molecule has 6 nitrogen and oxygen atoms in total. The van der Waals surface area contributed by atoms with Gasteiger partial charge in [0.1, 0.15) is 24.6 Å². The lowest BCUT2D eigenvalue weighted by molar-refractivity contribution is -0.120. The van der Waals surface area contributed by atoms with Gasteiger partial charge >= 0.3 is 0 Å². The zero-order valence-electron chi connectivity index (χ0n) is 8.87. The monoisotopic (exact) mass is 221 g/mol. The van der Waals surface area contributed by atoms with E-state index in [0.29, 0.717) is 6.29 Å². The minimum absolute atomic E-state index is 0.0479. The first-order valence-electron chi connectivity index (χ1n) is 4.80. The number of aliphatic hydroxyl groups is 4. The molecule has 0 amide bonds. The predicted molar refractivity (Wildman–Crippen MR) is 53.2 cm³/mol. The van der Waals surface area contributed by atoms with Crippen LogP contribution >= 0.6 is 0 Å². The number of hydrogen-bond donors (Lipinski definition) is 5. The zero-order valence-corrected chi connectivity index (χ0v) is 8.87. The second-order valence-corrected chi connectivity index (χ2v) is 3.71. The molecule has 0 spiro atoms. The van der Waals surface area contributed by atoms with Crippen LogP contribution in [0.15, 0.2) is 0 Å². The first-order chi connectivity index (χ1) is 6.93. The van der Waals surface area contributed by atoms with Gasteiger partial charge in [-0.3, -0.25) is 0 Å². The molecule has 15 heavy (non-hydrogen) atoms. The molecule has 0 bridgehead atoms. The maximum atomic E-state index is 10.6. The standard InChI is InChI=1S/C9H19NO5/c1-5(2)10-6(3-11)8(14)9(15)7(13)4-12/h3,5-10,12-15H,4H2,1-2H3/t6-,7+,8+,9+/m0/s1. The number of aliphatic hydroxyl groups excluding tert-OH is 4. The Kier molecular flexibility index (Phi) is 6.62. The molecular weight excluding hydrogens is 202 g/mol. The minimum Gasteiger partial charge on any atom is -0.394 e. The molecule has 0 saturated carbocycles. The molecule has 90 valence electrons. The van der Waals surface area contributed by atoms with Crippen LogP contribution in [0.25, 0.3) is 0 Å². The summed E-state index contributed by atoms with van der Waals surface area (Å²) in [6.07, 6.45) is -4.02. The van der Waals surface area contributed by atoms with Crippen LogP contribution in [-0.4, -0.2) is 63.7 Å². The summed E-state index contributed by atoms with van der Waals surface area (Å²) in [6, 6.07) is -1.02. The second kappa shape index (κ2) is 6.86. The van der Waals surface area contributed by atoms with Crippen LogP contribution in [0, 0.1) is 0 Å². The van der Waals surface area contributed by atoms with E-state index in [9.17, 15) is 15.0 Å². The van der Waals surface area contributed by atoms with Crippen molar-refractivity contribution in [1.29, 1.82) is 0 Å². The third-order valence-corrected chi connectivity index (χ3v) is 1.97. The van der Waals surface area contributed by atoms with Crippen LogP contribution in [0.3, 0.4) is 0 Å². The van der Waals surface area contributed by atoms with E-state index < -0.39 is 31.0 Å². The van der Waals surface area contributed by atoms with E-state index in [1.54, 1.807) is 13.8 Å². The largest absolute Gasteiger partial charge is 0.394 e. The van der Waals surface area contributed by atoms with Gasteiger partial charge < -0.3 is 30.5 Å². The number of carbonyl (C=O) groups excluding carboxylic acids is 1. The average molecular weight is 221 g/mol. The molecule has 0 rings (SSSR count). The first kappa shape index (κ1) is 14.5. The molecule has 4 atom stereocenters. The number of nitrogens with one attached hydrogen (secondary N) is 1. The summed E-state index contributed by atoms with van der Waals surface area (Å²) in [5, 5.41) is 39.2. The molecule has 0 aliphatic rings. The summed E-state index contributed by atoms with van der Waals surface area (Å²) < 4.78 is 0. The molecule has 6 heteroatoms. The molecule has 0 heterocycles. The van der Waals surface area contributed by atoms with Crippen molar-refractivity contribution >= 4 is 6.29 Å². The second-order valence-electron chi connectivity index (χ2n) is 3.71. The Bertz CT molecular complexity index is 187. The van der Waals surface area contributed by atoms with Gasteiger partial charge in [0.15, 0.2) is 0 Å². The highest BCUT2D eigenvalue weighted by atomic mass is 16.4. The van der Waals surface area contributed by atoms with Crippen molar-refractivity contribution < 1.29 is 25.2 Å². The number of aldehydes is 1. The maximum Gasteiger partial charge on any atom is 0.139 e. The lowest BCUT2D eigenvalue weighted by Crippen LogP contribution is -2.53. The van der Waals surface area contributed by atoms with Gasteiger partial charge in [-0.2, -0.15) is 0 Å². The highest BCUT2D eigenvalue weighted by Gasteiger charge is 2.30. The van der Waals surface area contributed by atoms with E-state index in [-0.39, 0.29) is 6.04 Å². The lowest BCUT2D eigenvalue weighted by atomic mass is 10.0. The third kappa shape index (κ3) is 4.67. The minimum atomic E-state index is -1.56. The molecule has 0 unspecified atom stereocenters. The summed E-state index contributed by atoms with van der Waals surface area (Å²) in [6.45, 7) is 2.88. The molecule has 0 aromatic carbocycles. The van der Waals surface area contributed by atoms with Crippen molar-refractivity contribution in [2.24, 2.45) is 0 Å². The molecule has 0 fully saturated rings. The van der Waals surface area contributed by atoms with Gasteiger partial charge in [-0.15, -0.1) is 0 Å². The summed E-state index contributed by atoms with van der Waals surface area (Å²) >= 11 is 0. The van der Waals surface area contributed by atoms with Crippen LogP contribution in [0.2, 0.25) is 0 Å². The average Bonchev–Trinajstić information content (AvgIpc) is 2.22. The molecule has 5 N–H and O–H groups in total. The van der Waals surface area contributed by atoms with E-state index in [1.807, 2.05) is 0 Å². The van der Waals surface area contributed by atoms with Crippen LogP contribution in [-0.2, 0) is 4.79 Å². The first-order valence-corrected chi connectivity index (χ1v) is 4.80. The van der Waals surface area contributed by atoms with Crippen LogP contribution in [0.4, 0.5) is 0 Å². The van der Waals surface area contributed by atoms with Gasteiger partial charge in [-0.1, -0.05) is 13.8 Å². The van der Waals surface area contributed by atoms with Crippen molar-refractivity contribution in [3.05, 3.63) is 0 Å². The molecule has 0 aliphatic heterocycles. The van der Waals surface area contributed by atoms with Crippen LogP contribution < -0.4 is 5.32 Å². The SMILES string of the molecule is CC(C)N[C@@H](C=O)[C@@H](O)[C@H](O)[C@H](O)CO. The molecule has 0 aromatic rings. The van der Waals surface area contributed by atoms with Gasteiger partial charge in [0.2, 0.25) is 0 Å². The Hall–Kier alpha value is -0.530. The van der Waals surface area contributed by atoms with E-state index in [1.165, 1.54) is 0 Å². The Morgan fingerprint density at radius 3 is 2.07 bits per heavy atom. The number of rotatable bonds is 7. The van der Waals surface area contributed by atoms with Gasteiger partial charge in [-0.05, 0) is 0 Å². The van der Waals surface area contributed by atoms with Gasteiger partial charge in [0.25, 0.3) is 0 Å². The quantitative estimate of drug-likeness (QED) is 0.307. The Balaban J connectivity index is 4.36. The molecule has 0 saturated heterocycles. The molecule has 0 aliphatic carbocycles. The van der Waals surface area contributed by atoms with Gasteiger partial charge in [-0.25, -0.2) is 0 Å². The fraction of sp³-hybridized carbons (Fsp3) is 0.889. The van der Waals surface area contributed by atoms with Crippen LogP contribution in [0.5, 0.6) is 0 Å². The van der Waals surface area contributed by atoms with Crippen LogP contribution in [0.1, 0.15) is 13.8 Å². The number of carbonyl (C=O) groups is 1.